The van der Waals surface area contributed by atoms with Gasteiger partial charge in [-0.05, 0) is 74.3 Å². The number of carbonyl (C=O) groups excluding carboxylic acids is 3. The van der Waals surface area contributed by atoms with Crippen molar-refractivity contribution in [2.45, 2.75) is 69.6 Å². The number of ether oxygens (including phenoxy) is 2. The van der Waals surface area contributed by atoms with Crippen molar-refractivity contribution in [2.75, 3.05) is 26.9 Å². The maximum atomic E-state index is 14.1. The molecule has 2 aromatic carbocycles. The van der Waals surface area contributed by atoms with E-state index in [0.717, 1.165) is 41.3 Å². The maximum Gasteiger partial charge on any atom is 0.354 e. The molecule has 1 aromatic heterocycles. The molecule has 1 aliphatic heterocycles. The molecule has 1 amide bonds. The van der Waals surface area contributed by atoms with E-state index in [1.54, 1.807) is 13.2 Å². The number of nitrogens with two attached hydrogens (primary N) is 1. The van der Waals surface area contributed by atoms with Crippen molar-refractivity contribution in [2.24, 2.45) is 17.6 Å². The molecule has 2 aliphatic rings. The van der Waals surface area contributed by atoms with Crippen LogP contribution in [0.25, 0.3) is 10.9 Å². The Bertz CT molecular complexity index is 1420. The number of amides is 1. The molecule has 1 saturated heterocycles. The van der Waals surface area contributed by atoms with E-state index >= 15 is 0 Å². The monoisotopic (exact) mass is 591 g/mol. The van der Waals surface area contributed by atoms with Gasteiger partial charge in [-0.25, -0.2) is 9.18 Å². The highest BCUT2D eigenvalue weighted by molar-refractivity contribution is 5.96. The van der Waals surface area contributed by atoms with Gasteiger partial charge in [0.25, 0.3) is 0 Å². The largest absolute Gasteiger partial charge is 0.458 e. The Labute approximate surface area is 252 Å². The number of hydrogen-bond acceptors (Lipinski definition) is 6. The number of H-pyrrole nitrogens is 1. The SMILES string of the molecule is CO[C@@H](C)COC(=O)c1cc2cc(CC(=O)[C@@H]3[C@@H](c4ccccc4)CCN3C(=O)C3CCC([C@H](N)CF)CC3)ccc2[nH]1. The van der Waals surface area contributed by atoms with Gasteiger partial charge >= 0.3 is 5.97 Å². The summed E-state index contributed by atoms with van der Waals surface area (Å²) in [5.74, 6) is -0.604. The molecule has 2 heterocycles. The Kier molecular flexibility index (Phi) is 9.93. The van der Waals surface area contributed by atoms with Crippen molar-refractivity contribution in [1.82, 2.24) is 9.88 Å². The zero-order chi connectivity index (χ0) is 30.5. The van der Waals surface area contributed by atoms with E-state index in [4.69, 9.17) is 15.2 Å². The average molecular weight is 592 g/mol. The topological polar surface area (TPSA) is 115 Å². The number of halogens is 1. The fraction of sp³-hybridized carbons (Fsp3) is 0.500. The van der Waals surface area contributed by atoms with Crippen molar-refractivity contribution < 1.29 is 28.2 Å². The van der Waals surface area contributed by atoms with Gasteiger partial charge in [0.05, 0.1) is 12.1 Å². The highest BCUT2D eigenvalue weighted by atomic mass is 19.1. The van der Waals surface area contributed by atoms with E-state index < -0.39 is 24.7 Å². The molecule has 43 heavy (non-hydrogen) atoms. The fourth-order valence-corrected chi connectivity index (χ4v) is 6.69. The maximum absolute atomic E-state index is 14.1. The molecule has 0 bridgehead atoms. The molecule has 1 aliphatic carbocycles. The first-order valence-corrected chi connectivity index (χ1v) is 15.3. The minimum atomic E-state index is -0.559. The molecule has 3 aromatic rings. The van der Waals surface area contributed by atoms with Crippen LogP contribution in [0.4, 0.5) is 4.39 Å². The van der Waals surface area contributed by atoms with E-state index in [9.17, 15) is 18.8 Å². The van der Waals surface area contributed by atoms with Crippen molar-refractivity contribution in [1.29, 1.82) is 0 Å². The third kappa shape index (κ3) is 6.99. The number of ketones is 1. The van der Waals surface area contributed by atoms with E-state index in [0.29, 0.717) is 25.1 Å². The van der Waals surface area contributed by atoms with Crippen LogP contribution < -0.4 is 5.73 Å². The molecule has 0 spiro atoms. The third-order valence-electron chi connectivity index (χ3n) is 9.28. The van der Waals surface area contributed by atoms with Crippen LogP contribution in [-0.4, -0.2) is 72.7 Å². The summed E-state index contributed by atoms with van der Waals surface area (Å²) in [6.07, 6.45) is 3.48. The second-order valence-electron chi connectivity index (χ2n) is 12.1. The van der Waals surface area contributed by atoms with Crippen LogP contribution in [0.5, 0.6) is 0 Å². The van der Waals surface area contributed by atoms with Crippen molar-refractivity contribution in [3.05, 3.63) is 71.4 Å². The van der Waals surface area contributed by atoms with Gasteiger partial charge in [-0.3, -0.25) is 9.59 Å². The molecule has 0 radical (unpaired) electrons. The van der Waals surface area contributed by atoms with Crippen LogP contribution in [0.3, 0.4) is 0 Å². The Morgan fingerprint density at radius 3 is 2.49 bits per heavy atom. The van der Waals surface area contributed by atoms with Crippen molar-refractivity contribution >= 4 is 28.6 Å². The molecule has 4 atom stereocenters. The zero-order valence-electron chi connectivity index (χ0n) is 25.0. The summed E-state index contributed by atoms with van der Waals surface area (Å²) in [7, 11) is 1.56. The quantitative estimate of drug-likeness (QED) is 0.305. The number of rotatable bonds is 11. The molecule has 230 valence electrons. The predicted molar refractivity (Wildman–Crippen MR) is 162 cm³/mol. The lowest BCUT2D eigenvalue weighted by Crippen LogP contribution is -2.47. The van der Waals surface area contributed by atoms with Gasteiger partial charge in [0.2, 0.25) is 5.91 Å². The van der Waals surface area contributed by atoms with Crippen LogP contribution >= 0.6 is 0 Å². The van der Waals surface area contributed by atoms with E-state index in [-0.39, 0.29) is 48.6 Å². The van der Waals surface area contributed by atoms with E-state index in [2.05, 4.69) is 4.98 Å². The van der Waals surface area contributed by atoms with Crippen LogP contribution in [0, 0.1) is 11.8 Å². The Morgan fingerprint density at radius 1 is 1.05 bits per heavy atom. The number of esters is 1. The normalized spacial score (nSPS) is 23.7. The lowest BCUT2D eigenvalue weighted by atomic mass is 9.78. The number of aromatic amines is 1. The van der Waals surface area contributed by atoms with Gasteiger partial charge < -0.3 is 25.1 Å². The number of carbonyl (C=O) groups is 3. The second kappa shape index (κ2) is 13.8. The highest BCUT2D eigenvalue weighted by Crippen LogP contribution is 2.38. The van der Waals surface area contributed by atoms with Gasteiger partial charge in [0.15, 0.2) is 5.78 Å². The molecule has 3 N–H and O–H groups in total. The number of Topliss-reactive ketones (excluding diaryl/α,β-unsaturated/α-hetero) is 1. The van der Waals surface area contributed by atoms with E-state index in [1.807, 2.05) is 60.4 Å². The van der Waals surface area contributed by atoms with Crippen LogP contribution in [0.2, 0.25) is 0 Å². The summed E-state index contributed by atoms with van der Waals surface area (Å²) in [6.45, 7) is 1.95. The molecule has 1 saturated carbocycles. The number of nitrogens with one attached hydrogen (secondary N) is 1. The van der Waals surface area contributed by atoms with Gasteiger partial charge in [0, 0.05) is 48.9 Å². The highest BCUT2D eigenvalue weighted by Gasteiger charge is 2.44. The Morgan fingerprint density at radius 2 is 1.79 bits per heavy atom. The number of hydrogen-bond donors (Lipinski definition) is 2. The first-order valence-electron chi connectivity index (χ1n) is 15.3. The molecule has 8 nitrogen and oxygen atoms in total. The number of alkyl halides is 1. The Hall–Kier alpha value is -3.56. The van der Waals surface area contributed by atoms with Crippen LogP contribution in [0.1, 0.15) is 66.6 Å². The molecular weight excluding hydrogens is 549 g/mol. The zero-order valence-corrected chi connectivity index (χ0v) is 25.0. The number of nitrogens with zero attached hydrogens (tertiary/aromatic N) is 1. The molecule has 5 rings (SSSR count). The first kappa shape index (κ1) is 30.9. The summed E-state index contributed by atoms with van der Waals surface area (Å²) < 4.78 is 23.6. The minimum Gasteiger partial charge on any atom is -0.458 e. The summed E-state index contributed by atoms with van der Waals surface area (Å²) >= 11 is 0. The lowest BCUT2D eigenvalue weighted by molar-refractivity contribution is -0.142. The number of fused-ring (bicyclic) bond motifs is 1. The minimum absolute atomic E-state index is 0.00378. The molecule has 9 heteroatoms. The summed E-state index contributed by atoms with van der Waals surface area (Å²) in [5.41, 5.74) is 8.92. The van der Waals surface area contributed by atoms with Gasteiger partial charge in [0.1, 0.15) is 19.0 Å². The standard InChI is InChI=1S/C34H42FN3O5/c1-21(42-2)20-43-34(41)30-18-26-16-22(8-13-29(26)37-30)17-31(39)32-27(23-6-4-3-5-7-23)14-15-38(32)33(40)25-11-9-24(10-12-25)28(36)19-35/h3-8,13,16,18,21,24-25,27-28,32,37H,9-12,14-15,17,19-20,36H2,1-2H3/t21-,24?,25?,27+,28+,32-/m0/s1. The first-order chi connectivity index (χ1) is 20.8. The Balaban J connectivity index is 1.32. The number of likely N-dealkylation sites (tertiary alicyclic amines) is 1. The molecule has 0 unspecified atom stereocenters. The smallest absolute Gasteiger partial charge is 0.354 e. The molecule has 2 fully saturated rings. The number of methoxy groups -OCH3 is 1. The number of aromatic nitrogens is 1. The van der Waals surface area contributed by atoms with Gasteiger partial charge in [-0.15, -0.1) is 0 Å². The summed E-state index contributed by atoms with van der Waals surface area (Å²) in [4.78, 5) is 45.3. The summed E-state index contributed by atoms with van der Waals surface area (Å²) in [5, 5.41) is 0.805. The van der Waals surface area contributed by atoms with Gasteiger partial charge in [-0.1, -0.05) is 36.4 Å². The van der Waals surface area contributed by atoms with Crippen molar-refractivity contribution in [3.8, 4) is 0 Å². The fourth-order valence-electron chi connectivity index (χ4n) is 6.69. The number of benzene rings is 2. The predicted octanol–water partition coefficient (Wildman–Crippen LogP) is 4.96. The summed E-state index contributed by atoms with van der Waals surface area (Å²) in [6, 6.07) is 16.3. The van der Waals surface area contributed by atoms with Crippen LogP contribution in [-0.2, 0) is 25.5 Å². The van der Waals surface area contributed by atoms with E-state index in [1.165, 1.54) is 0 Å². The van der Waals surface area contributed by atoms with Gasteiger partial charge in [-0.2, -0.15) is 0 Å². The van der Waals surface area contributed by atoms with Crippen LogP contribution in [0.15, 0.2) is 54.6 Å². The molecular formula is C34H42FN3O5. The average Bonchev–Trinajstić information content (AvgIpc) is 3.68. The van der Waals surface area contributed by atoms with Crippen molar-refractivity contribution in [3.63, 3.8) is 0 Å². The lowest BCUT2D eigenvalue weighted by Gasteiger charge is -2.35. The third-order valence-corrected chi connectivity index (χ3v) is 9.28. The second-order valence-corrected chi connectivity index (χ2v) is 12.1.